The van der Waals surface area contributed by atoms with E-state index in [-0.39, 0.29) is 23.2 Å². The molecule has 0 unspecified atom stereocenters. The number of nitrogens with two attached hydrogens (primary N) is 1. The van der Waals surface area contributed by atoms with Crippen molar-refractivity contribution in [2.75, 3.05) is 0 Å². The summed E-state index contributed by atoms with van der Waals surface area (Å²) < 4.78 is 27.4. The fraction of sp³-hybridized carbons (Fsp3) is 0.150. The number of halogens is 1. The van der Waals surface area contributed by atoms with Gasteiger partial charge in [0.2, 0.25) is 0 Å². The molecular formula is C20H15FN6O4. The van der Waals surface area contributed by atoms with Crippen molar-refractivity contribution in [1.29, 1.82) is 0 Å². The van der Waals surface area contributed by atoms with Crippen molar-refractivity contribution in [2.24, 2.45) is 5.73 Å². The molecule has 3 heterocycles. The van der Waals surface area contributed by atoms with Gasteiger partial charge in [0.05, 0.1) is 11.7 Å². The van der Waals surface area contributed by atoms with E-state index in [0.717, 1.165) is 22.7 Å². The maximum absolute atomic E-state index is 14.6. The van der Waals surface area contributed by atoms with Crippen LogP contribution in [0.2, 0.25) is 0 Å². The number of rotatable bonds is 5. The lowest BCUT2D eigenvalue weighted by Gasteiger charge is -2.12. The third-order valence-electron chi connectivity index (χ3n) is 4.99. The molecule has 31 heavy (non-hydrogen) atoms. The molecule has 2 aromatic carbocycles. The highest BCUT2D eigenvalue weighted by Crippen LogP contribution is 2.30. The van der Waals surface area contributed by atoms with E-state index in [0.29, 0.717) is 12.2 Å². The topological polar surface area (TPSA) is 131 Å². The van der Waals surface area contributed by atoms with Gasteiger partial charge in [-0.05, 0) is 24.1 Å². The summed E-state index contributed by atoms with van der Waals surface area (Å²) in [6.07, 6.45) is 0.982. The maximum Gasteiger partial charge on any atom is 0.420 e. The standard InChI is InChI=1S/C20H15FN6O4/c21-13-10-12(6-8-15(13)30-19-24-23-18(31-19)17(22)28)27-20(29)26-14(7-9-16(26)25-27)11-4-2-1-3-5-11/h1-6,8,10,14H,7,9H2,(H2,22,28)/t14-/m0/s1. The van der Waals surface area contributed by atoms with Crippen LogP contribution < -0.4 is 16.2 Å². The van der Waals surface area contributed by atoms with Crippen molar-refractivity contribution >= 4 is 5.91 Å². The van der Waals surface area contributed by atoms with Crippen LogP contribution in [0.4, 0.5) is 4.39 Å². The Bertz CT molecular complexity index is 1340. The summed E-state index contributed by atoms with van der Waals surface area (Å²) in [6.45, 7) is 0. The maximum atomic E-state index is 14.6. The molecule has 10 nitrogen and oxygen atoms in total. The number of benzene rings is 2. The van der Waals surface area contributed by atoms with Gasteiger partial charge in [-0.2, -0.15) is 4.68 Å². The van der Waals surface area contributed by atoms with Crippen LogP contribution in [0.1, 0.15) is 34.5 Å². The summed E-state index contributed by atoms with van der Waals surface area (Å²) in [5.74, 6) is -1.76. The van der Waals surface area contributed by atoms with E-state index in [1.54, 1.807) is 4.57 Å². The Hall–Kier alpha value is -4.28. The summed E-state index contributed by atoms with van der Waals surface area (Å²) in [6, 6.07) is 13.5. The number of primary amides is 1. The smallest absolute Gasteiger partial charge is 0.407 e. The van der Waals surface area contributed by atoms with E-state index in [2.05, 4.69) is 15.3 Å². The molecular weight excluding hydrogens is 407 g/mol. The van der Waals surface area contributed by atoms with Crippen molar-refractivity contribution in [3.63, 3.8) is 0 Å². The van der Waals surface area contributed by atoms with Crippen molar-refractivity contribution in [2.45, 2.75) is 18.9 Å². The molecule has 0 aliphatic carbocycles. The molecule has 1 amide bonds. The van der Waals surface area contributed by atoms with Crippen LogP contribution >= 0.6 is 0 Å². The molecule has 0 fully saturated rings. The first-order chi connectivity index (χ1) is 15.0. The molecule has 1 aliphatic heterocycles. The van der Waals surface area contributed by atoms with Crippen LogP contribution in [-0.2, 0) is 6.42 Å². The highest BCUT2D eigenvalue weighted by Gasteiger charge is 2.29. The van der Waals surface area contributed by atoms with E-state index < -0.39 is 23.7 Å². The molecule has 0 saturated carbocycles. The van der Waals surface area contributed by atoms with E-state index in [1.165, 1.54) is 12.1 Å². The molecule has 156 valence electrons. The van der Waals surface area contributed by atoms with Gasteiger partial charge in [-0.1, -0.05) is 40.5 Å². The molecule has 0 spiro atoms. The number of hydrogen-bond acceptors (Lipinski definition) is 7. The van der Waals surface area contributed by atoms with Crippen molar-refractivity contribution < 1.29 is 18.3 Å². The lowest BCUT2D eigenvalue weighted by Crippen LogP contribution is -2.26. The molecule has 1 atom stereocenters. The molecule has 2 aromatic heterocycles. The summed E-state index contributed by atoms with van der Waals surface area (Å²) >= 11 is 0. The number of hydrogen-bond donors (Lipinski definition) is 1. The van der Waals surface area contributed by atoms with Crippen molar-refractivity contribution in [3.8, 4) is 17.5 Å². The lowest BCUT2D eigenvalue weighted by molar-refractivity contribution is 0.0962. The average Bonchev–Trinajstić information content (AvgIpc) is 3.47. The Labute approximate surface area is 173 Å². The highest BCUT2D eigenvalue weighted by atomic mass is 19.1. The first-order valence-corrected chi connectivity index (χ1v) is 9.38. The zero-order valence-electron chi connectivity index (χ0n) is 15.9. The van der Waals surface area contributed by atoms with Crippen LogP contribution in [0.3, 0.4) is 0 Å². The van der Waals surface area contributed by atoms with Crippen molar-refractivity contribution in [1.82, 2.24) is 24.5 Å². The molecule has 0 radical (unpaired) electrons. The van der Waals surface area contributed by atoms with Crippen LogP contribution in [0.15, 0.2) is 57.7 Å². The number of fused-ring (bicyclic) bond motifs is 1. The van der Waals surface area contributed by atoms with Gasteiger partial charge in [0.25, 0.3) is 0 Å². The normalized spacial score (nSPS) is 15.1. The van der Waals surface area contributed by atoms with Gasteiger partial charge in [-0.3, -0.25) is 9.36 Å². The zero-order valence-corrected chi connectivity index (χ0v) is 15.9. The van der Waals surface area contributed by atoms with Gasteiger partial charge in [-0.25, -0.2) is 9.18 Å². The van der Waals surface area contributed by atoms with Crippen molar-refractivity contribution in [3.05, 3.63) is 82.1 Å². The molecule has 0 saturated heterocycles. The summed E-state index contributed by atoms with van der Waals surface area (Å²) in [7, 11) is 0. The first kappa shape index (κ1) is 18.7. The second kappa shape index (κ2) is 7.20. The third kappa shape index (κ3) is 3.25. The Balaban J connectivity index is 1.45. The number of aryl methyl sites for hydroxylation is 1. The Morgan fingerprint density at radius 3 is 2.71 bits per heavy atom. The second-order valence-corrected chi connectivity index (χ2v) is 6.90. The number of carbonyl (C=O) groups excluding carboxylic acids is 1. The van der Waals surface area contributed by atoms with Gasteiger partial charge in [0.15, 0.2) is 11.6 Å². The minimum atomic E-state index is -0.931. The van der Waals surface area contributed by atoms with Crippen LogP contribution in [0.5, 0.6) is 11.8 Å². The SMILES string of the molecule is NC(=O)c1nnc(Oc2ccc(-n3nc4n(c3=O)[C@H](c3ccccc3)CC4)cc2F)o1. The quantitative estimate of drug-likeness (QED) is 0.520. The lowest BCUT2D eigenvalue weighted by atomic mass is 10.1. The minimum absolute atomic E-state index is 0.109. The van der Waals surface area contributed by atoms with E-state index >= 15 is 0 Å². The molecule has 4 aromatic rings. The van der Waals surface area contributed by atoms with Gasteiger partial charge >= 0.3 is 23.6 Å². The second-order valence-electron chi connectivity index (χ2n) is 6.90. The highest BCUT2D eigenvalue weighted by molar-refractivity contribution is 5.87. The number of nitrogens with zero attached hydrogens (tertiary/aromatic N) is 5. The Morgan fingerprint density at radius 1 is 1.19 bits per heavy atom. The molecule has 2 N–H and O–H groups in total. The first-order valence-electron chi connectivity index (χ1n) is 9.38. The fourth-order valence-electron chi connectivity index (χ4n) is 3.61. The minimum Gasteiger partial charge on any atom is -0.407 e. The largest absolute Gasteiger partial charge is 0.420 e. The summed E-state index contributed by atoms with van der Waals surface area (Å²) in [4.78, 5) is 24.0. The summed E-state index contributed by atoms with van der Waals surface area (Å²) in [5.41, 5.74) is 5.93. The van der Waals surface area contributed by atoms with Gasteiger partial charge in [0.1, 0.15) is 5.82 Å². The van der Waals surface area contributed by atoms with Crippen LogP contribution in [0, 0.1) is 5.82 Å². The third-order valence-corrected chi connectivity index (χ3v) is 4.99. The Kier molecular flexibility index (Phi) is 4.35. The van der Waals surface area contributed by atoms with E-state index in [1.807, 2.05) is 30.3 Å². The van der Waals surface area contributed by atoms with Gasteiger partial charge < -0.3 is 14.9 Å². The molecule has 0 bridgehead atoms. The van der Waals surface area contributed by atoms with Gasteiger partial charge in [0, 0.05) is 12.5 Å². The molecule has 11 heteroatoms. The predicted molar refractivity (Wildman–Crippen MR) is 104 cm³/mol. The zero-order chi connectivity index (χ0) is 21.5. The molecule has 5 rings (SSSR count). The number of ether oxygens (including phenoxy) is 1. The number of carbonyl (C=O) groups is 1. The number of amides is 1. The van der Waals surface area contributed by atoms with Crippen LogP contribution in [0.25, 0.3) is 5.69 Å². The van der Waals surface area contributed by atoms with Crippen LogP contribution in [-0.4, -0.2) is 30.5 Å². The van der Waals surface area contributed by atoms with E-state index in [4.69, 9.17) is 14.9 Å². The fourth-order valence-corrected chi connectivity index (χ4v) is 3.61. The summed E-state index contributed by atoms with van der Waals surface area (Å²) in [5, 5.41) is 11.2. The monoisotopic (exact) mass is 422 g/mol. The number of aromatic nitrogens is 5. The predicted octanol–water partition coefficient (Wildman–Crippen LogP) is 1.98. The molecule has 1 aliphatic rings. The van der Waals surface area contributed by atoms with Gasteiger partial charge in [-0.15, -0.1) is 5.10 Å². The van der Waals surface area contributed by atoms with E-state index in [9.17, 15) is 14.0 Å². The Morgan fingerprint density at radius 2 is 2.00 bits per heavy atom. The average molecular weight is 422 g/mol.